The molecule has 2 aromatic rings. The smallest absolute Gasteiger partial charge is 0.272 e. The second-order valence-electron chi connectivity index (χ2n) is 7.82. The number of rotatable bonds is 3. The van der Waals surface area contributed by atoms with E-state index in [0.29, 0.717) is 11.6 Å². The number of carbonyl (C=O) groups is 1. The van der Waals surface area contributed by atoms with Crippen molar-refractivity contribution in [3.05, 3.63) is 47.8 Å². The van der Waals surface area contributed by atoms with Gasteiger partial charge in [-0.1, -0.05) is 19.9 Å². The van der Waals surface area contributed by atoms with Crippen molar-refractivity contribution >= 4 is 5.91 Å². The van der Waals surface area contributed by atoms with Gasteiger partial charge in [0.25, 0.3) is 5.91 Å². The van der Waals surface area contributed by atoms with E-state index >= 15 is 0 Å². The van der Waals surface area contributed by atoms with Crippen LogP contribution in [-0.2, 0) is 0 Å². The molecule has 132 valence electrons. The topological polar surface area (TPSA) is 73.9 Å². The molecule has 2 N–H and O–H groups in total. The van der Waals surface area contributed by atoms with Gasteiger partial charge >= 0.3 is 0 Å². The average Bonchev–Trinajstić information content (AvgIpc) is 3.11. The first kappa shape index (κ1) is 16.3. The van der Waals surface area contributed by atoms with E-state index in [1.807, 2.05) is 23.2 Å². The van der Waals surface area contributed by atoms with Crippen LogP contribution in [0.3, 0.4) is 0 Å². The van der Waals surface area contributed by atoms with E-state index in [9.17, 15) is 4.79 Å². The Morgan fingerprint density at radius 3 is 2.76 bits per heavy atom. The normalized spacial score (nSPS) is 23.3. The molecule has 2 aliphatic rings. The van der Waals surface area contributed by atoms with Gasteiger partial charge in [-0.3, -0.25) is 9.78 Å². The van der Waals surface area contributed by atoms with Gasteiger partial charge in [-0.2, -0.15) is 0 Å². The minimum Gasteiger partial charge on any atom is -0.338 e. The first-order valence-corrected chi connectivity index (χ1v) is 9.03. The molecule has 0 radical (unpaired) electrons. The molecule has 0 aliphatic carbocycles. The van der Waals surface area contributed by atoms with Crippen LogP contribution in [0.25, 0.3) is 0 Å². The number of nitrogens with one attached hydrogen (secondary N) is 2. The van der Waals surface area contributed by atoms with Gasteiger partial charge in [0, 0.05) is 30.3 Å². The van der Waals surface area contributed by atoms with Gasteiger partial charge < -0.3 is 15.2 Å². The molecule has 4 rings (SSSR count). The third-order valence-electron chi connectivity index (χ3n) is 5.44. The summed E-state index contributed by atoms with van der Waals surface area (Å²) in [5.41, 5.74) is 1.74. The van der Waals surface area contributed by atoms with E-state index in [-0.39, 0.29) is 17.4 Å². The Bertz CT molecular complexity index is 748. The lowest BCUT2D eigenvalue weighted by atomic mass is 9.72. The minimum absolute atomic E-state index is 0.0286. The molecule has 0 saturated carbocycles. The molecule has 1 amide bonds. The fourth-order valence-corrected chi connectivity index (χ4v) is 4.19. The summed E-state index contributed by atoms with van der Waals surface area (Å²) in [6, 6.07) is 4.03. The van der Waals surface area contributed by atoms with Gasteiger partial charge in [0.15, 0.2) is 0 Å². The molecular weight excluding hydrogens is 314 g/mol. The van der Waals surface area contributed by atoms with Gasteiger partial charge in [0.1, 0.15) is 11.5 Å². The number of H-pyrrole nitrogens is 1. The first-order chi connectivity index (χ1) is 12.1. The zero-order chi connectivity index (χ0) is 17.4. The zero-order valence-corrected chi connectivity index (χ0v) is 14.8. The van der Waals surface area contributed by atoms with Crippen LogP contribution in [-0.4, -0.2) is 45.4 Å². The lowest BCUT2D eigenvalue weighted by Crippen LogP contribution is -2.57. The van der Waals surface area contributed by atoms with Crippen LogP contribution in [0.2, 0.25) is 0 Å². The Morgan fingerprint density at radius 1 is 1.28 bits per heavy atom. The van der Waals surface area contributed by atoms with E-state index in [4.69, 9.17) is 0 Å². The average molecular weight is 339 g/mol. The van der Waals surface area contributed by atoms with E-state index in [1.54, 1.807) is 12.4 Å². The van der Waals surface area contributed by atoms with Crippen molar-refractivity contribution in [3.63, 3.8) is 0 Å². The number of hydrogen-bond donors (Lipinski definition) is 2. The monoisotopic (exact) mass is 339 g/mol. The fourth-order valence-electron chi connectivity index (χ4n) is 4.19. The number of aromatic amines is 1. The van der Waals surface area contributed by atoms with Crippen molar-refractivity contribution in [1.82, 2.24) is 25.2 Å². The van der Waals surface area contributed by atoms with E-state index in [2.05, 4.69) is 34.1 Å². The maximum Gasteiger partial charge on any atom is 0.272 e. The van der Waals surface area contributed by atoms with Crippen LogP contribution in [0, 0.1) is 5.41 Å². The first-order valence-electron chi connectivity index (χ1n) is 9.03. The summed E-state index contributed by atoms with van der Waals surface area (Å²) in [6.45, 7) is 7.16. The van der Waals surface area contributed by atoms with Crippen molar-refractivity contribution < 1.29 is 4.79 Å². The summed E-state index contributed by atoms with van der Waals surface area (Å²) < 4.78 is 0. The van der Waals surface area contributed by atoms with Crippen LogP contribution >= 0.6 is 0 Å². The van der Waals surface area contributed by atoms with Crippen LogP contribution < -0.4 is 5.32 Å². The molecule has 0 aromatic carbocycles. The minimum atomic E-state index is 0.0286. The Labute approximate surface area is 148 Å². The van der Waals surface area contributed by atoms with Crippen molar-refractivity contribution in [2.24, 2.45) is 5.41 Å². The highest BCUT2D eigenvalue weighted by Gasteiger charge is 2.49. The lowest BCUT2D eigenvalue weighted by Gasteiger charge is -2.54. The standard InChI is InChI=1S/C19H25N5O/c1-19(2)12-24(16(19)14-4-3-7-21-10-14)18(25)15-11-22-17(23-15)13-5-8-20-9-6-13/h3-4,7,10-11,13,16,20H,5-6,8-9,12H2,1-2H3,(H,22,23). The number of hydrogen-bond acceptors (Lipinski definition) is 4. The molecule has 2 aliphatic heterocycles. The Hall–Kier alpha value is -2.21. The number of aromatic nitrogens is 3. The second-order valence-corrected chi connectivity index (χ2v) is 7.82. The second kappa shape index (κ2) is 6.26. The molecule has 2 fully saturated rings. The van der Waals surface area contributed by atoms with Crippen molar-refractivity contribution in [1.29, 1.82) is 0 Å². The maximum atomic E-state index is 13.0. The molecule has 25 heavy (non-hydrogen) atoms. The van der Waals surface area contributed by atoms with Crippen LogP contribution in [0.5, 0.6) is 0 Å². The molecule has 2 aromatic heterocycles. The summed E-state index contributed by atoms with van der Waals surface area (Å²) in [5.74, 6) is 1.40. The van der Waals surface area contributed by atoms with Gasteiger partial charge in [-0.25, -0.2) is 4.98 Å². The molecular formula is C19H25N5O. The number of nitrogens with zero attached hydrogens (tertiary/aromatic N) is 3. The Morgan fingerprint density at radius 2 is 2.08 bits per heavy atom. The number of carbonyl (C=O) groups excluding carboxylic acids is 1. The third kappa shape index (κ3) is 2.95. The number of pyridine rings is 1. The third-order valence-corrected chi connectivity index (χ3v) is 5.44. The van der Waals surface area contributed by atoms with E-state index in [1.165, 1.54) is 0 Å². The van der Waals surface area contributed by atoms with Crippen LogP contribution in [0.15, 0.2) is 30.7 Å². The molecule has 4 heterocycles. The van der Waals surface area contributed by atoms with E-state index in [0.717, 1.165) is 43.9 Å². The molecule has 2 saturated heterocycles. The van der Waals surface area contributed by atoms with Crippen molar-refractivity contribution in [2.75, 3.05) is 19.6 Å². The summed E-state index contributed by atoms with van der Waals surface area (Å²) in [7, 11) is 0. The molecule has 1 unspecified atom stereocenters. The summed E-state index contributed by atoms with van der Waals surface area (Å²) >= 11 is 0. The molecule has 0 bridgehead atoms. The zero-order valence-electron chi connectivity index (χ0n) is 14.8. The number of imidazole rings is 1. The molecule has 0 spiro atoms. The quantitative estimate of drug-likeness (QED) is 0.901. The van der Waals surface area contributed by atoms with Gasteiger partial charge in [-0.05, 0) is 37.6 Å². The Kier molecular flexibility index (Phi) is 4.07. The molecule has 6 heteroatoms. The van der Waals surface area contributed by atoms with Crippen LogP contribution in [0.1, 0.15) is 60.5 Å². The summed E-state index contributed by atoms with van der Waals surface area (Å²) in [6.07, 6.45) is 7.46. The highest BCUT2D eigenvalue weighted by atomic mass is 16.2. The lowest BCUT2D eigenvalue weighted by molar-refractivity contribution is -0.0327. The maximum absolute atomic E-state index is 13.0. The fraction of sp³-hybridized carbons (Fsp3) is 0.526. The van der Waals surface area contributed by atoms with Gasteiger partial charge in [-0.15, -0.1) is 0 Å². The highest BCUT2D eigenvalue weighted by molar-refractivity contribution is 5.93. The SMILES string of the molecule is CC1(C)CN(C(=O)c2cnc(C3CCNCC3)[nH]2)C1c1cccnc1. The largest absolute Gasteiger partial charge is 0.338 e. The highest BCUT2D eigenvalue weighted by Crippen LogP contribution is 2.48. The predicted octanol–water partition coefficient (Wildman–Crippen LogP) is 2.50. The van der Waals surface area contributed by atoms with Crippen molar-refractivity contribution in [2.45, 2.75) is 38.6 Å². The predicted molar refractivity (Wildman–Crippen MR) is 95.2 cm³/mol. The number of piperidine rings is 1. The summed E-state index contributed by atoms with van der Waals surface area (Å²) in [4.78, 5) is 26.9. The van der Waals surface area contributed by atoms with Gasteiger partial charge in [0.2, 0.25) is 0 Å². The van der Waals surface area contributed by atoms with Crippen molar-refractivity contribution in [3.8, 4) is 0 Å². The molecule has 1 atom stereocenters. The number of likely N-dealkylation sites (tertiary alicyclic amines) is 1. The van der Waals surface area contributed by atoms with Crippen LogP contribution in [0.4, 0.5) is 0 Å². The van der Waals surface area contributed by atoms with E-state index < -0.39 is 0 Å². The van der Waals surface area contributed by atoms with Gasteiger partial charge in [0.05, 0.1) is 12.2 Å². The summed E-state index contributed by atoms with van der Waals surface area (Å²) in [5, 5.41) is 3.36. The number of amides is 1. The molecule has 6 nitrogen and oxygen atoms in total. The Balaban J connectivity index is 1.54.